The Morgan fingerprint density at radius 1 is 1.24 bits per heavy atom. The molecule has 4 aromatic rings. The first kappa shape index (κ1) is 17.8. The number of anilines is 1. The van der Waals surface area contributed by atoms with Crippen LogP contribution in [0.25, 0.3) is 33.1 Å². The summed E-state index contributed by atoms with van der Waals surface area (Å²) in [6.07, 6.45) is 3.48. The SMILES string of the molecule is CS(=O)(=O)OC1COc2c(-c3cnc4ccccc4c3)c3c(N)ncnc3n2C1. The van der Waals surface area contributed by atoms with Crippen LogP contribution in [0.2, 0.25) is 0 Å². The molecule has 0 fully saturated rings. The maximum Gasteiger partial charge on any atom is 0.264 e. The molecule has 1 aliphatic heterocycles. The first-order valence-corrected chi connectivity index (χ1v) is 10.7. The van der Waals surface area contributed by atoms with Crippen molar-refractivity contribution in [2.75, 3.05) is 18.6 Å². The summed E-state index contributed by atoms with van der Waals surface area (Å²) in [6, 6.07) is 9.80. The average molecular weight is 411 g/mol. The monoisotopic (exact) mass is 411 g/mol. The van der Waals surface area contributed by atoms with Crippen molar-refractivity contribution in [1.82, 2.24) is 19.5 Å². The number of ether oxygens (including phenoxy) is 1. The minimum atomic E-state index is -3.62. The van der Waals surface area contributed by atoms with Crippen LogP contribution in [0.3, 0.4) is 0 Å². The van der Waals surface area contributed by atoms with Crippen LogP contribution in [0, 0.1) is 0 Å². The fourth-order valence-electron chi connectivity index (χ4n) is 3.70. The van der Waals surface area contributed by atoms with Crippen molar-refractivity contribution in [1.29, 1.82) is 0 Å². The van der Waals surface area contributed by atoms with Crippen LogP contribution in [0.1, 0.15) is 0 Å². The van der Waals surface area contributed by atoms with E-state index in [1.165, 1.54) is 6.33 Å². The van der Waals surface area contributed by atoms with Gasteiger partial charge < -0.3 is 10.5 Å². The molecular formula is C19H17N5O4S. The number of benzene rings is 1. The molecule has 1 unspecified atom stereocenters. The lowest BCUT2D eigenvalue weighted by Gasteiger charge is -2.25. The van der Waals surface area contributed by atoms with E-state index in [-0.39, 0.29) is 13.2 Å². The smallest absolute Gasteiger partial charge is 0.264 e. The zero-order valence-corrected chi connectivity index (χ0v) is 16.3. The number of pyridine rings is 1. The van der Waals surface area contributed by atoms with Gasteiger partial charge in [-0.15, -0.1) is 0 Å². The minimum absolute atomic E-state index is 0.0880. The lowest BCUT2D eigenvalue weighted by atomic mass is 10.0. The first-order valence-electron chi connectivity index (χ1n) is 8.89. The molecule has 0 radical (unpaired) electrons. The predicted octanol–water partition coefficient (Wildman–Crippen LogP) is 1.97. The van der Waals surface area contributed by atoms with Crippen molar-refractivity contribution in [3.05, 3.63) is 42.9 Å². The van der Waals surface area contributed by atoms with Crippen LogP contribution in [0.15, 0.2) is 42.9 Å². The number of para-hydroxylation sites is 1. The standard InChI is InChI=1S/C19H17N5O4S/c1-29(25,26)28-13-8-24-18-16(17(20)22-10-23-18)15(19(24)27-9-13)12-6-11-4-2-3-5-14(11)21-7-12/h2-7,10,13H,8-9H2,1H3,(H2,20,22,23). The van der Waals surface area contributed by atoms with Gasteiger partial charge in [0.25, 0.3) is 10.1 Å². The summed E-state index contributed by atoms with van der Waals surface area (Å²) in [6.45, 7) is 0.348. The number of rotatable bonds is 3. The van der Waals surface area contributed by atoms with Crippen LogP contribution in [-0.4, -0.2) is 46.9 Å². The Morgan fingerprint density at radius 2 is 2.07 bits per heavy atom. The molecular weight excluding hydrogens is 394 g/mol. The summed E-state index contributed by atoms with van der Waals surface area (Å²) in [5, 5.41) is 1.61. The molecule has 0 bridgehead atoms. The molecule has 1 atom stereocenters. The molecule has 0 aliphatic carbocycles. The van der Waals surface area contributed by atoms with E-state index in [0.717, 1.165) is 28.3 Å². The minimum Gasteiger partial charge on any atom is -0.475 e. The lowest BCUT2D eigenvalue weighted by molar-refractivity contribution is 0.0880. The summed E-state index contributed by atoms with van der Waals surface area (Å²) in [7, 11) is -3.62. The van der Waals surface area contributed by atoms with Crippen LogP contribution in [-0.2, 0) is 20.8 Å². The van der Waals surface area contributed by atoms with Gasteiger partial charge in [0.2, 0.25) is 5.88 Å². The highest BCUT2D eigenvalue weighted by atomic mass is 32.2. The average Bonchev–Trinajstić information content (AvgIpc) is 3.01. The molecule has 1 aromatic carbocycles. The Morgan fingerprint density at radius 3 is 2.90 bits per heavy atom. The number of nitrogens with two attached hydrogens (primary N) is 1. The number of hydrogen-bond acceptors (Lipinski definition) is 8. The van der Waals surface area contributed by atoms with Gasteiger partial charge in [-0.25, -0.2) is 9.97 Å². The van der Waals surface area contributed by atoms with Gasteiger partial charge in [0.1, 0.15) is 30.5 Å². The molecule has 0 saturated carbocycles. The number of nitrogen functional groups attached to an aromatic ring is 1. The summed E-state index contributed by atoms with van der Waals surface area (Å²) in [4.78, 5) is 13.0. The van der Waals surface area contributed by atoms with Crippen LogP contribution < -0.4 is 10.5 Å². The van der Waals surface area contributed by atoms with Gasteiger partial charge in [-0.2, -0.15) is 8.42 Å². The van der Waals surface area contributed by atoms with Gasteiger partial charge in [-0.3, -0.25) is 13.7 Å². The first-order chi connectivity index (χ1) is 13.9. The van der Waals surface area contributed by atoms with Crippen LogP contribution >= 0.6 is 0 Å². The second kappa shape index (κ2) is 6.39. The van der Waals surface area contributed by atoms with E-state index in [0.29, 0.717) is 22.7 Å². The van der Waals surface area contributed by atoms with Crippen molar-refractivity contribution in [3.8, 4) is 17.0 Å². The highest BCUT2D eigenvalue weighted by molar-refractivity contribution is 7.86. The fourth-order valence-corrected chi connectivity index (χ4v) is 4.31. The highest BCUT2D eigenvalue weighted by Crippen LogP contribution is 2.43. The molecule has 0 saturated heterocycles. The zero-order valence-electron chi connectivity index (χ0n) is 15.4. The van der Waals surface area contributed by atoms with E-state index in [1.807, 2.05) is 30.3 Å². The summed E-state index contributed by atoms with van der Waals surface area (Å²) >= 11 is 0. The Labute approximate surface area is 166 Å². The van der Waals surface area contributed by atoms with Gasteiger partial charge >= 0.3 is 0 Å². The Kier molecular flexibility index (Phi) is 3.93. The molecule has 0 spiro atoms. The summed E-state index contributed by atoms with van der Waals surface area (Å²) in [5.74, 6) is 0.849. The van der Waals surface area contributed by atoms with Gasteiger partial charge in [0.15, 0.2) is 0 Å². The zero-order chi connectivity index (χ0) is 20.2. The van der Waals surface area contributed by atoms with Gasteiger partial charge in [0, 0.05) is 17.1 Å². The largest absolute Gasteiger partial charge is 0.475 e. The molecule has 3 aromatic heterocycles. The molecule has 4 heterocycles. The Balaban J connectivity index is 1.72. The molecule has 29 heavy (non-hydrogen) atoms. The number of fused-ring (bicyclic) bond motifs is 4. The van der Waals surface area contributed by atoms with Crippen molar-refractivity contribution >= 4 is 37.9 Å². The molecule has 10 heteroatoms. The summed E-state index contributed by atoms with van der Waals surface area (Å²) in [5.41, 5.74) is 9.16. The van der Waals surface area contributed by atoms with Gasteiger partial charge in [-0.1, -0.05) is 18.2 Å². The summed E-state index contributed by atoms with van der Waals surface area (Å²) < 4.78 is 35.9. The second-order valence-electron chi connectivity index (χ2n) is 6.90. The van der Waals surface area contributed by atoms with Crippen molar-refractivity contribution in [2.24, 2.45) is 0 Å². The van der Waals surface area contributed by atoms with E-state index in [1.54, 1.807) is 10.8 Å². The maximum absolute atomic E-state index is 11.5. The molecule has 1 aliphatic rings. The van der Waals surface area contributed by atoms with E-state index in [4.69, 9.17) is 14.7 Å². The van der Waals surface area contributed by atoms with Crippen LogP contribution in [0.5, 0.6) is 5.88 Å². The number of hydrogen-bond donors (Lipinski definition) is 1. The van der Waals surface area contributed by atoms with Crippen molar-refractivity contribution in [3.63, 3.8) is 0 Å². The molecule has 148 valence electrons. The third-order valence-electron chi connectivity index (χ3n) is 4.80. The molecule has 5 rings (SSSR count). The molecule has 2 N–H and O–H groups in total. The number of aromatic nitrogens is 4. The Bertz CT molecular complexity index is 1370. The van der Waals surface area contributed by atoms with Crippen molar-refractivity contribution < 1.29 is 17.3 Å². The second-order valence-corrected chi connectivity index (χ2v) is 8.50. The van der Waals surface area contributed by atoms with E-state index in [9.17, 15) is 8.42 Å². The molecule has 0 amide bonds. The topological polar surface area (TPSA) is 122 Å². The maximum atomic E-state index is 11.5. The third-order valence-corrected chi connectivity index (χ3v) is 5.43. The molecule has 9 nitrogen and oxygen atoms in total. The fraction of sp³-hybridized carbons (Fsp3) is 0.211. The normalized spacial score (nSPS) is 16.7. The predicted molar refractivity (Wildman–Crippen MR) is 108 cm³/mol. The van der Waals surface area contributed by atoms with Gasteiger partial charge in [-0.05, 0) is 12.1 Å². The van der Waals surface area contributed by atoms with Crippen molar-refractivity contribution in [2.45, 2.75) is 12.6 Å². The van der Waals surface area contributed by atoms with Gasteiger partial charge in [0.05, 0.1) is 29.3 Å². The van der Waals surface area contributed by atoms with Crippen LogP contribution in [0.4, 0.5) is 5.82 Å². The van der Waals surface area contributed by atoms with E-state index in [2.05, 4.69) is 15.0 Å². The number of nitrogens with zero attached hydrogens (tertiary/aromatic N) is 4. The Hall–Kier alpha value is -3.24. The lowest BCUT2D eigenvalue weighted by Crippen LogP contribution is -2.34. The quantitative estimate of drug-likeness (QED) is 0.508. The van der Waals surface area contributed by atoms with E-state index >= 15 is 0 Å². The van der Waals surface area contributed by atoms with E-state index < -0.39 is 16.2 Å². The highest BCUT2D eigenvalue weighted by Gasteiger charge is 2.31. The third kappa shape index (κ3) is 3.06.